The Morgan fingerprint density at radius 2 is 1.82 bits per heavy atom. The molecular weight excluding hydrogens is 152 g/mol. The van der Waals surface area contributed by atoms with E-state index >= 15 is 0 Å². The second-order valence-corrected chi connectivity index (χ2v) is 2.32. The Morgan fingerprint density at radius 3 is 2.18 bits per heavy atom. The van der Waals surface area contributed by atoms with E-state index in [0.29, 0.717) is 0 Å². The van der Waals surface area contributed by atoms with Crippen molar-refractivity contribution in [1.29, 1.82) is 0 Å². The lowest BCUT2D eigenvalue weighted by molar-refractivity contribution is -0.139. The predicted octanol–water partition coefficient (Wildman–Crippen LogP) is -1.43. The highest BCUT2D eigenvalue weighted by Crippen LogP contribution is 2.01. The van der Waals surface area contributed by atoms with Crippen LogP contribution in [0.4, 0.5) is 0 Å². The van der Waals surface area contributed by atoms with Crippen LogP contribution < -0.4 is 0 Å². The van der Waals surface area contributed by atoms with Gasteiger partial charge in [-0.1, -0.05) is 0 Å². The van der Waals surface area contributed by atoms with Crippen LogP contribution in [0.3, 0.4) is 0 Å². The smallest absolute Gasteiger partial charge is 0.305 e. The second-order valence-electron chi connectivity index (χ2n) is 2.32. The van der Waals surface area contributed by atoms with Crippen LogP contribution >= 0.6 is 0 Å². The van der Waals surface area contributed by atoms with Crippen LogP contribution in [0, 0.1) is 0 Å². The van der Waals surface area contributed by atoms with Gasteiger partial charge in [0.05, 0.1) is 25.2 Å². The number of carboxylic acids is 1. The third kappa shape index (κ3) is 5.78. The van der Waals surface area contributed by atoms with Crippen LogP contribution in [-0.4, -0.2) is 45.2 Å². The Balaban J connectivity index is 3.51. The summed E-state index contributed by atoms with van der Waals surface area (Å²) >= 11 is 0. The molecule has 0 heterocycles. The summed E-state index contributed by atoms with van der Waals surface area (Å²) in [5, 5.41) is 34.1. The van der Waals surface area contributed by atoms with Gasteiger partial charge in [0, 0.05) is 6.42 Å². The first kappa shape index (κ1) is 10.3. The molecule has 2 atom stereocenters. The Kier molecular flexibility index (Phi) is 4.76. The molecule has 0 aliphatic carbocycles. The van der Waals surface area contributed by atoms with Gasteiger partial charge in [-0.2, -0.15) is 0 Å². The number of hydrogen-bond donors (Lipinski definition) is 4. The second kappa shape index (κ2) is 5.06. The van der Waals surface area contributed by atoms with Crippen molar-refractivity contribution >= 4 is 5.97 Å². The van der Waals surface area contributed by atoms with Crippen LogP contribution in [0.1, 0.15) is 12.8 Å². The lowest BCUT2D eigenvalue weighted by Gasteiger charge is -2.10. The average molecular weight is 164 g/mol. The molecule has 0 saturated heterocycles. The first-order valence-corrected chi connectivity index (χ1v) is 3.25. The molecule has 0 saturated carbocycles. The molecule has 0 aliphatic heterocycles. The van der Waals surface area contributed by atoms with Crippen molar-refractivity contribution in [2.75, 3.05) is 6.61 Å². The van der Waals surface area contributed by atoms with Crippen LogP contribution in [0.5, 0.6) is 0 Å². The molecule has 0 aromatic rings. The first-order chi connectivity index (χ1) is 5.06. The molecule has 66 valence electrons. The molecule has 0 fully saturated rings. The minimum Gasteiger partial charge on any atom is -0.481 e. The van der Waals surface area contributed by atoms with Gasteiger partial charge in [0.15, 0.2) is 0 Å². The van der Waals surface area contributed by atoms with Gasteiger partial charge in [-0.15, -0.1) is 0 Å². The minimum absolute atomic E-state index is 0.108. The van der Waals surface area contributed by atoms with Gasteiger partial charge in [0.1, 0.15) is 0 Å². The molecule has 11 heavy (non-hydrogen) atoms. The molecule has 5 nitrogen and oxygen atoms in total. The third-order valence-corrected chi connectivity index (χ3v) is 1.17. The van der Waals surface area contributed by atoms with Crippen molar-refractivity contribution in [3.8, 4) is 0 Å². The number of aliphatic carboxylic acids is 1. The van der Waals surface area contributed by atoms with Crippen molar-refractivity contribution in [2.45, 2.75) is 25.0 Å². The Morgan fingerprint density at radius 1 is 1.27 bits per heavy atom. The minimum atomic E-state index is -1.12. The van der Waals surface area contributed by atoms with Crippen molar-refractivity contribution in [2.24, 2.45) is 0 Å². The number of carboxylic acid groups (broad SMARTS) is 1. The Labute approximate surface area is 63.9 Å². The molecule has 4 N–H and O–H groups in total. The number of hydrogen-bond acceptors (Lipinski definition) is 4. The van der Waals surface area contributed by atoms with E-state index in [9.17, 15) is 4.79 Å². The molecule has 0 spiro atoms. The highest BCUT2D eigenvalue weighted by atomic mass is 16.4. The number of aliphatic hydroxyl groups excluding tert-OH is 3. The van der Waals surface area contributed by atoms with Crippen LogP contribution in [0.15, 0.2) is 0 Å². The Bertz CT molecular complexity index is 124. The van der Waals surface area contributed by atoms with E-state index < -0.39 is 31.2 Å². The van der Waals surface area contributed by atoms with Gasteiger partial charge in [-0.25, -0.2) is 0 Å². The topological polar surface area (TPSA) is 98.0 Å². The van der Waals surface area contributed by atoms with Crippen LogP contribution in [0.25, 0.3) is 0 Å². The van der Waals surface area contributed by atoms with Crippen LogP contribution in [0.2, 0.25) is 0 Å². The summed E-state index contributed by atoms with van der Waals surface area (Å²) < 4.78 is 0. The molecule has 0 amide bonds. The number of carbonyl (C=O) groups is 1. The van der Waals surface area contributed by atoms with E-state index in [2.05, 4.69) is 0 Å². The zero-order valence-electron chi connectivity index (χ0n) is 5.97. The fourth-order valence-electron chi connectivity index (χ4n) is 0.673. The maximum Gasteiger partial charge on any atom is 0.305 e. The SMILES string of the molecule is O=C(O)C[C@H](O)C[C@H](O)CO. The summed E-state index contributed by atoms with van der Waals surface area (Å²) in [6.45, 7) is -0.462. The lowest BCUT2D eigenvalue weighted by Crippen LogP contribution is -2.22. The zero-order chi connectivity index (χ0) is 8.85. The summed E-state index contributed by atoms with van der Waals surface area (Å²) in [5.41, 5.74) is 0. The van der Waals surface area contributed by atoms with Gasteiger partial charge in [0.25, 0.3) is 0 Å². The van der Waals surface area contributed by atoms with Crippen molar-refractivity contribution in [1.82, 2.24) is 0 Å². The number of rotatable bonds is 5. The standard InChI is InChI=1S/C6H12O5/c7-3-5(9)1-4(8)2-6(10)11/h4-5,7-9H,1-3H2,(H,10,11)/t4-,5+/m1/s1. The summed E-state index contributed by atoms with van der Waals surface area (Å²) in [6, 6.07) is 0. The zero-order valence-corrected chi connectivity index (χ0v) is 5.97. The molecule has 0 aromatic carbocycles. The van der Waals surface area contributed by atoms with Gasteiger partial charge >= 0.3 is 5.97 Å². The molecule has 0 unspecified atom stereocenters. The normalized spacial score (nSPS) is 15.9. The first-order valence-electron chi connectivity index (χ1n) is 3.25. The van der Waals surface area contributed by atoms with Crippen molar-refractivity contribution < 1.29 is 25.2 Å². The molecular formula is C6H12O5. The predicted molar refractivity (Wildman–Crippen MR) is 36.0 cm³/mol. The van der Waals surface area contributed by atoms with Crippen molar-refractivity contribution in [3.05, 3.63) is 0 Å². The van der Waals surface area contributed by atoms with E-state index in [1.54, 1.807) is 0 Å². The summed E-state index contributed by atoms with van der Waals surface area (Å²) in [5.74, 6) is -1.12. The largest absolute Gasteiger partial charge is 0.481 e. The van der Waals surface area contributed by atoms with Crippen molar-refractivity contribution in [3.63, 3.8) is 0 Å². The van der Waals surface area contributed by atoms with Gasteiger partial charge in [-0.3, -0.25) is 4.79 Å². The average Bonchev–Trinajstić information content (AvgIpc) is 1.85. The van der Waals surface area contributed by atoms with Gasteiger partial charge in [-0.05, 0) is 0 Å². The van der Waals surface area contributed by atoms with E-state index in [1.165, 1.54) is 0 Å². The van der Waals surface area contributed by atoms with E-state index in [0.717, 1.165) is 0 Å². The molecule has 5 heteroatoms. The third-order valence-electron chi connectivity index (χ3n) is 1.17. The fraction of sp³-hybridized carbons (Fsp3) is 0.833. The highest BCUT2D eigenvalue weighted by Gasteiger charge is 2.13. The summed E-state index contributed by atoms with van der Waals surface area (Å²) in [4.78, 5) is 9.98. The summed E-state index contributed by atoms with van der Waals surface area (Å²) in [6.07, 6.45) is -2.64. The quantitative estimate of drug-likeness (QED) is 0.399. The molecule has 0 aromatic heterocycles. The lowest BCUT2D eigenvalue weighted by atomic mass is 10.1. The van der Waals surface area contributed by atoms with Gasteiger partial charge in [0.2, 0.25) is 0 Å². The monoisotopic (exact) mass is 164 g/mol. The maximum absolute atomic E-state index is 9.98. The molecule has 0 aliphatic rings. The Hall–Kier alpha value is -0.650. The number of aliphatic hydroxyl groups is 3. The molecule has 0 bridgehead atoms. The maximum atomic E-state index is 9.98. The van der Waals surface area contributed by atoms with Gasteiger partial charge < -0.3 is 20.4 Å². The fourth-order valence-corrected chi connectivity index (χ4v) is 0.673. The summed E-state index contributed by atoms with van der Waals surface area (Å²) in [7, 11) is 0. The highest BCUT2D eigenvalue weighted by molar-refractivity contribution is 5.67. The van der Waals surface area contributed by atoms with E-state index in [-0.39, 0.29) is 6.42 Å². The van der Waals surface area contributed by atoms with E-state index in [4.69, 9.17) is 20.4 Å². The van der Waals surface area contributed by atoms with E-state index in [1.807, 2.05) is 0 Å². The van der Waals surface area contributed by atoms with Crippen LogP contribution in [-0.2, 0) is 4.79 Å². The molecule has 0 rings (SSSR count). The molecule has 0 radical (unpaired) electrons.